The molecule has 0 bridgehead atoms. The van der Waals surface area contributed by atoms with Crippen molar-refractivity contribution in [3.8, 4) is 5.75 Å². The summed E-state index contributed by atoms with van der Waals surface area (Å²) in [6.07, 6.45) is -3.30. The standard InChI is InChI=1S/C27H31N5O5S.C2HF3O2/c1-3-29-26(33)18-32(38(35,36)24-10-8-21-7-9-23(37-2)14-22(21)15-24)25-11-12-31(27(25)34)17-20-6-4-5-19(13-20)16-30-28;3-2(4,5)1(6)7/h4-10,13-16,25H,3,11-12,17-18,28H2,1-2H3,(H,29,33);(H,6,7)/t25-;/m0./s1. The van der Waals surface area contributed by atoms with E-state index >= 15 is 0 Å². The van der Waals surface area contributed by atoms with Gasteiger partial charge in [0.05, 0.1) is 24.8 Å². The number of carbonyl (C=O) groups is 3. The number of likely N-dealkylation sites (N-methyl/N-ethyl adjacent to an activating group) is 1. The summed E-state index contributed by atoms with van der Waals surface area (Å²) >= 11 is 0. The molecule has 4 N–H and O–H groups in total. The maximum atomic E-state index is 13.9. The Labute approximate surface area is 257 Å². The lowest BCUT2D eigenvalue weighted by molar-refractivity contribution is -0.192. The topological polar surface area (TPSA) is 172 Å². The zero-order valence-corrected chi connectivity index (χ0v) is 25.1. The molecular weight excluding hydrogens is 619 g/mol. The maximum Gasteiger partial charge on any atom is 0.490 e. The van der Waals surface area contributed by atoms with Gasteiger partial charge in [-0.2, -0.15) is 22.6 Å². The van der Waals surface area contributed by atoms with E-state index in [1.54, 1.807) is 36.1 Å². The number of ether oxygens (including phenoxy) is 1. The van der Waals surface area contributed by atoms with Crippen molar-refractivity contribution in [3.63, 3.8) is 0 Å². The number of alkyl halides is 3. The van der Waals surface area contributed by atoms with Crippen molar-refractivity contribution in [3.05, 3.63) is 71.8 Å². The second-order valence-corrected chi connectivity index (χ2v) is 11.7. The van der Waals surface area contributed by atoms with Gasteiger partial charge < -0.3 is 25.9 Å². The number of likely N-dealkylation sites (tertiary alicyclic amines) is 1. The Kier molecular flexibility index (Phi) is 11.5. The fraction of sp³-hybridized carbons (Fsp3) is 0.310. The summed E-state index contributed by atoms with van der Waals surface area (Å²) in [6.45, 7) is 2.29. The van der Waals surface area contributed by atoms with Gasteiger partial charge in [0.1, 0.15) is 11.8 Å². The predicted octanol–water partition coefficient (Wildman–Crippen LogP) is 2.70. The van der Waals surface area contributed by atoms with E-state index in [1.165, 1.54) is 19.4 Å². The molecule has 4 rings (SSSR count). The van der Waals surface area contributed by atoms with Gasteiger partial charge in [0, 0.05) is 19.6 Å². The van der Waals surface area contributed by atoms with E-state index in [9.17, 15) is 31.2 Å². The lowest BCUT2D eigenvalue weighted by Crippen LogP contribution is -2.49. The highest BCUT2D eigenvalue weighted by molar-refractivity contribution is 7.89. The molecule has 1 atom stereocenters. The van der Waals surface area contributed by atoms with Crippen molar-refractivity contribution in [1.29, 1.82) is 0 Å². The van der Waals surface area contributed by atoms with E-state index in [-0.39, 0.29) is 17.2 Å². The molecule has 0 aromatic heterocycles. The van der Waals surface area contributed by atoms with E-state index in [2.05, 4.69) is 10.4 Å². The molecule has 242 valence electrons. The summed E-state index contributed by atoms with van der Waals surface area (Å²) in [5.74, 6) is 2.26. The van der Waals surface area contributed by atoms with Crippen molar-refractivity contribution in [1.82, 2.24) is 14.5 Å². The average molecular weight is 652 g/mol. The molecule has 12 nitrogen and oxygen atoms in total. The molecule has 0 unspecified atom stereocenters. The number of hydrogen-bond acceptors (Lipinski definition) is 8. The van der Waals surface area contributed by atoms with Crippen LogP contribution in [0.3, 0.4) is 0 Å². The van der Waals surface area contributed by atoms with E-state index in [0.29, 0.717) is 30.8 Å². The Bertz CT molecular complexity index is 1680. The summed E-state index contributed by atoms with van der Waals surface area (Å²) in [5, 5.41) is 14.8. The first kappa shape index (κ1) is 34.8. The van der Waals surface area contributed by atoms with Gasteiger partial charge >= 0.3 is 12.1 Å². The van der Waals surface area contributed by atoms with Crippen molar-refractivity contribution in [2.24, 2.45) is 10.9 Å². The second kappa shape index (κ2) is 14.9. The monoisotopic (exact) mass is 651 g/mol. The fourth-order valence-electron chi connectivity index (χ4n) is 4.61. The molecule has 1 saturated heterocycles. The summed E-state index contributed by atoms with van der Waals surface area (Å²) in [6, 6.07) is 16.5. The Morgan fingerprint density at radius 3 is 2.47 bits per heavy atom. The summed E-state index contributed by atoms with van der Waals surface area (Å²) in [7, 11) is -2.66. The summed E-state index contributed by atoms with van der Waals surface area (Å²) < 4.78 is 65.8. The minimum absolute atomic E-state index is 0.00238. The third kappa shape index (κ3) is 8.92. The molecule has 1 aliphatic heterocycles. The molecule has 1 fully saturated rings. The number of amides is 2. The molecule has 0 spiro atoms. The third-order valence-corrected chi connectivity index (χ3v) is 8.56. The molecule has 0 aliphatic carbocycles. The number of nitrogens with two attached hydrogens (primary N) is 1. The first-order chi connectivity index (χ1) is 21.2. The number of carboxylic acids is 1. The lowest BCUT2D eigenvalue weighted by Gasteiger charge is -2.27. The van der Waals surface area contributed by atoms with Crippen molar-refractivity contribution >= 4 is 44.8 Å². The van der Waals surface area contributed by atoms with Gasteiger partial charge in [-0.1, -0.05) is 30.3 Å². The van der Waals surface area contributed by atoms with Crippen LogP contribution in [0.15, 0.2) is 70.7 Å². The number of aliphatic carboxylic acids is 1. The predicted molar refractivity (Wildman–Crippen MR) is 159 cm³/mol. The van der Waals surface area contributed by atoms with Gasteiger partial charge in [0.15, 0.2) is 0 Å². The number of benzene rings is 3. The average Bonchev–Trinajstić information content (AvgIpc) is 3.34. The molecule has 0 radical (unpaired) electrons. The van der Waals surface area contributed by atoms with Crippen LogP contribution in [0, 0.1) is 0 Å². The first-order valence-corrected chi connectivity index (χ1v) is 14.9. The Hall–Kier alpha value is -4.70. The Balaban J connectivity index is 0.000000707. The second-order valence-electron chi connectivity index (χ2n) is 9.77. The van der Waals surface area contributed by atoms with E-state index in [4.69, 9.17) is 20.5 Å². The van der Waals surface area contributed by atoms with Crippen LogP contribution in [0.1, 0.15) is 24.5 Å². The number of carboxylic acid groups (broad SMARTS) is 1. The Morgan fingerprint density at radius 1 is 1.16 bits per heavy atom. The molecule has 2 amide bonds. The fourth-order valence-corrected chi connectivity index (χ4v) is 6.21. The number of nitrogens with zero attached hydrogens (tertiary/aromatic N) is 3. The van der Waals surface area contributed by atoms with Crippen LogP contribution in [-0.4, -0.2) is 85.7 Å². The van der Waals surface area contributed by atoms with E-state index in [0.717, 1.165) is 20.8 Å². The zero-order chi connectivity index (χ0) is 33.4. The van der Waals surface area contributed by atoms with Crippen molar-refractivity contribution in [2.45, 2.75) is 37.0 Å². The van der Waals surface area contributed by atoms with Crippen molar-refractivity contribution in [2.75, 3.05) is 26.7 Å². The molecule has 0 saturated carbocycles. The van der Waals surface area contributed by atoms with E-state index < -0.39 is 40.7 Å². The van der Waals surface area contributed by atoms with Gasteiger partial charge in [-0.05, 0) is 65.6 Å². The highest BCUT2D eigenvalue weighted by atomic mass is 32.2. The van der Waals surface area contributed by atoms with Crippen LogP contribution in [0.4, 0.5) is 13.2 Å². The van der Waals surface area contributed by atoms with Gasteiger partial charge in [-0.15, -0.1) is 0 Å². The van der Waals surface area contributed by atoms with Gasteiger partial charge in [-0.3, -0.25) is 9.59 Å². The number of nitrogens with one attached hydrogen (secondary N) is 1. The number of hydrogen-bond donors (Lipinski definition) is 3. The van der Waals surface area contributed by atoms with Gasteiger partial charge in [-0.25, -0.2) is 13.2 Å². The molecule has 16 heteroatoms. The minimum Gasteiger partial charge on any atom is -0.497 e. The number of hydrazone groups is 1. The maximum absolute atomic E-state index is 13.9. The zero-order valence-electron chi connectivity index (χ0n) is 24.3. The highest BCUT2D eigenvalue weighted by Gasteiger charge is 2.43. The summed E-state index contributed by atoms with van der Waals surface area (Å²) in [4.78, 5) is 36.6. The van der Waals surface area contributed by atoms with Crippen LogP contribution in [0.2, 0.25) is 0 Å². The third-order valence-electron chi connectivity index (χ3n) is 6.71. The number of methoxy groups -OCH3 is 1. The number of halogens is 3. The SMILES string of the molecule is CCNC(=O)CN([C@H]1CCN(Cc2cccc(C=NN)c2)C1=O)S(=O)(=O)c1ccc2ccc(OC)cc2c1.O=C(O)C(F)(F)F. The Morgan fingerprint density at radius 2 is 1.84 bits per heavy atom. The molecule has 1 aliphatic rings. The number of fused-ring (bicyclic) bond motifs is 1. The molecule has 1 heterocycles. The van der Waals surface area contributed by atoms with Gasteiger partial charge in [0.25, 0.3) is 0 Å². The largest absolute Gasteiger partial charge is 0.497 e. The molecular formula is C29H32F3N5O7S. The quantitative estimate of drug-likeness (QED) is 0.171. The molecule has 3 aromatic carbocycles. The normalized spacial score (nSPS) is 15.3. The minimum atomic E-state index is -5.08. The van der Waals surface area contributed by atoms with E-state index in [1.807, 2.05) is 30.3 Å². The highest BCUT2D eigenvalue weighted by Crippen LogP contribution is 2.29. The number of carbonyl (C=O) groups excluding carboxylic acids is 2. The van der Waals surface area contributed by atoms with Crippen LogP contribution >= 0.6 is 0 Å². The lowest BCUT2D eigenvalue weighted by atomic mass is 10.1. The van der Waals surface area contributed by atoms with Gasteiger partial charge in [0.2, 0.25) is 21.8 Å². The number of sulfonamides is 1. The molecule has 3 aromatic rings. The van der Waals surface area contributed by atoms with Crippen LogP contribution in [0.25, 0.3) is 10.8 Å². The summed E-state index contributed by atoms with van der Waals surface area (Å²) in [5.41, 5.74) is 1.65. The van der Waals surface area contributed by atoms with Crippen LogP contribution in [-0.2, 0) is 31.0 Å². The smallest absolute Gasteiger partial charge is 0.490 e. The molecule has 45 heavy (non-hydrogen) atoms. The first-order valence-electron chi connectivity index (χ1n) is 13.5. The van der Waals surface area contributed by atoms with Crippen LogP contribution < -0.4 is 15.9 Å². The number of rotatable bonds is 10. The van der Waals surface area contributed by atoms with Crippen LogP contribution in [0.5, 0.6) is 5.75 Å². The van der Waals surface area contributed by atoms with Crippen molar-refractivity contribution < 1.29 is 45.8 Å².